The summed E-state index contributed by atoms with van der Waals surface area (Å²) in [7, 11) is 1.64. The lowest BCUT2D eigenvalue weighted by molar-refractivity contribution is 0.0906. The van der Waals surface area contributed by atoms with Crippen LogP contribution < -0.4 is 5.32 Å². The number of aromatic nitrogens is 1. The summed E-state index contributed by atoms with van der Waals surface area (Å²) in [5.41, 5.74) is 3.91. The van der Waals surface area contributed by atoms with Crippen molar-refractivity contribution in [2.75, 3.05) is 13.7 Å². The number of benzene rings is 1. The summed E-state index contributed by atoms with van der Waals surface area (Å²) < 4.78 is 5.09. The topological polar surface area (TPSA) is 51.2 Å². The fourth-order valence-electron chi connectivity index (χ4n) is 3.06. The van der Waals surface area contributed by atoms with E-state index in [-0.39, 0.29) is 11.9 Å². The maximum Gasteiger partial charge on any atom is 0.252 e. The molecule has 0 saturated carbocycles. The number of carbonyl (C=O) groups is 1. The molecule has 0 saturated heterocycles. The molecule has 1 aromatic heterocycles. The second-order valence-electron chi connectivity index (χ2n) is 5.61. The lowest BCUT2D eigenvalue weighted by atomic mass is 10.0. The quantitative estimate of drug-likeness (QED) is 0.938. The molecule has 0 unspecified atom stereocenters. The number of para-hydroxylation sites is 1. The molecule has 1 aromatic carbocycles. The first-order chi connectivity index (χ1) is 10.2. The number of fused-ring (bicyclic) bond motifs is 2. The van der Waals surface area contributed by atoms with Crippen molar-refractivity contribution in [1.82, 2.24) is 10.3 Å². The van der Waals surface area contributed by atoms with Gasteiger partial charge in [-0.3, -0.25) is 9.78 Å². The van der Waals surface area contributed by atoms with Crippen molar-refractivity contribution in [2.45, 2.75) is 32.2 Å². The standard InChI is InChI=1S/C17H20N2O2/c1-11(10-21-2)18-17(20)16-12-6-3-4-8-14(12)19-15-9-5-7-13(15)16/h3-4,6,8,11H,5,7,9-10H2,1-2H3,(H,18,20)/t11-/m1/s1. The van der Waals surface area contributed by atoms with Gasteiger partial charge in [0.2, 0.25) is 0 Å². The molecule has 0 radical (unpaired) electrons. The van der Waals surface area contributed by atoms with E-state index < -0.39 is 0 Å². The maximum atomic E-state index is 12.7. The summed E-state index contributed by atoms with van der Waals surface area (Å²) >= 11 is 0. The SMILES string of the molecule is COC[C@@H](C)NC(=O)c1c2c(nc3ccccc13)CCC2. The van der Waals surface area contributed by atoms with Crippen molar-refractivity contribution in [2.24, 2.45) is 0 Å². The Bertz CT molecular complexity index is 682. The molecule has 0 bridgehead atoms. The first kappa shape index (κ1) is 14.0. The molecule has 1 N–H and O–H groups in total. The molecular formula is C17H20N2O2. The largest absolute Gasteiger partial charge is 0.383 e. The molecule has 1 aliphatic carbocycles. The van der Waals surface area contributed by atoms with E-state index >= 15 is 0 Å². The Morgan fingerprint density at radius 2 is 2.19 bits per heavy atom. The highest BCUT2D eigenvalue weighted by Crippen LogP contribution is 2.29. The molecule has 4 nitrogen and oxygen atoms in total. The van der Waals surface area contributed by atoms with Gasteiger partial charge in [-0.25, -0.2) is 0 Å². The summed E-state index contributed by atoms with van der Waals surface area (Å²) in [6, 6.07) is 7.87. The number of nitrogens with one attached hydrogen (secondary N) is 1. The van der Waals surface area contributed by atoms with E-state index in [2.05, 4.69) is 5.32 Å². The van der Waals surface area contributed by atoms with Crippen LogP contribution in [0.5, 0.6) is 0 Å². The van der Waals surface area contributed by atoms with Crippen molar-refractivity contribution in [1.29, 1.82) is 0 Å². The summed E-state index contributed by atoms with van der Waals surface area (Å²) in [4.78, 5) is 17.4. The van der Waals surface area contributed by atoms with Crippen molar-refractivity contribution in [3.8, 4) is 0 Å². The second-order valence-corrected chi connectivity index (χ2v) is 5.61. The molecule has 110 valence electrons. The average molecular weight is 284 g/mol. The monoisotopic (exact) mass is 284 g/mol. The van der Waals surface area contributed by atoms with Crippen LogP contribution in [-0.2, 0) is 17.6 Å². The number of methoxy groups -OCH3 is 1. The molecule has 4 heteroatoms. The number of amides is 1. The first-order valence-electron chi connectivity index (χ1n) is 7.41. The highest BCUT2D eigenvalue weighted by Gasteiger charge is 2.24. The minimum Gasteiger partial charge on any atom is -0.383 e. The van der Waals surface area contributed by atoms with Gasteiger partial charge in [-0.2, -0.15) is 0 Å². The highest BCUT2D eigenvalue weighted by atomic mass is 16.5. The number of nitrogens with zero attached hydrogens (tertiary/aromatic N) is 1. The Labute approximate surface area is 124 Å². The van der Waals surface area contributed by atoms with Gasteiger partial charge in [-0.05, 0) is 37.8 Å². The second kappa shape index (κ2) is 5.82. The van der Waals surface area contributed by atoms with E-state index in [1.165, 1.54) is 0 Å². The molecule has 1 amide bonds. The smallest absolute Gasteiger partial charge is 0.252 e. The van der Waals surface area contributed by atoms with Gasteiger partial charge in [0.15, 0.2) is 0 Å². The van der Waals surface area contributed by atoms with E-state index in [0.29, 0.717) is 6.61 Å². The number of aryl methyl sites for hydroxylation is 1. The average Bonchev–Trinajstić information content (AvgIpc) is 2.92. The third-order valence-electron chi connectivity index (χ3n) is 3.94. The molecule has 0 fully saturated rings. The van der Waals surface area contributed by atoms with Crippen molar-refractivity contribution < 1.29 is 9.53 Å². The Kier molecular flexibility index (Phi) is 3.88. The van der Waals surface area contributed by atoms with Gasteiger partial charge in [0.25, 0.3) is 5.91 Å². The van der Waals surface area contributed by atoms with Gasteiger partial charge in [0.05, 0.1) is 17.7 Å². The van der Waals surface area contributed by atoms with Gasteiger partial charge in [-0.15, -0.1) is 0 Å². The number of ether oxygens (including phenoxy) is 1. The Balaban J connectivity index is 2.06. The Morgan fingerprint density at radius 3 is 3.00 bits per heavy atom. The maximum absolute atomic E-state index is 12.7. The van der Waals surface area contributed by atoms with Crippen LogP contribution in [0.2, 0.25) is 0 Å². The lowest BCUT2D eigenvalue weighted by Crippen LogP contribution is -2.36. The van der Waals surface area contributed by atoms with Crippen LogP contribution in [0, 0.1) is 0 Å². The zero-order valence-corrected chi connectivity index (χ0v) is 12.5. The number of carbonyl (C=O) groups excluding carboxylic acids is 1. The summed E-state index contributed by atoms with van der Waals surface area (Å²) in [5, 5.41) is 3.97. The Hall–Kier alpha value is -1.94. The van der Waals surface area contributed by atoms with Crippen LogP contribution in [0.1, 0.15) is 35.0 Å². The first-order valence-corrected chi connectivity index (χ1v) is 7.41. The predicted molar refractivity (Wildman–Crippen MR) is 82.6 cm³/mol. The van der Waals surface area contributed by atoms with E-state index in [9.17, 15) is 4.79 Å². The Morgan fingerprint density at radius 1 is 1.38 bits per heavy atom. The number of hydrogen-bond acceptors (Lipinski definition) is 3. The van der Waals surface area contributed by atoms with E-state index in [4.69, 9.17) is 9.72 Å². The lowest BCUT2D eigenvalue weighted by Gasteiger charge is -2.16. The number of rotatable bonds is 4. The van der Waals surface area contributed by atoms with Crippen LogP contribution in [0.15, 0.2) is 24.3 Å². The highest BCUT2D eigenvalue weighted by molar-refractivity contribution is 6.07. The summed E-state index contributed by atoms with van der Waals surface area (Å²) in [5.74, 6) is -0.0173. The van der Waals surface area contributed by atoms with Crippen molar-refractivity contribution >= 4 is 16.8 Å². The zero-order valence-electron chi connectivity index (χ0n) is 12.5. The van der Waals surface area contributed by atoms with Crippen LogP contribution in [0.3, 0.4) is 0 Å². The number of pyridine rings is 1. The summed E-state index contributed by atoms with van der Waals surface area (Å²) in [6.45, 7) is 2.46. The molecule has 0 aliphatic heterocycles. The number of hydrogen-bond donors (Lipinski definition) is 1. The summed E-state index contributed by atoms with van der Waals surface area (Å²) in [6.07, 6.45) is 2.98. The van der Waals surface area contributed by atoms with E-state index in [1.54, 1.807) is 7.11 Å². The normalized spacial score (nSPS) is 15.0. The van der Waals surface area contributed by atoms with Gasteiger partial charge in [0.1, 0.15) is 0 Å². The van der Waals surface area contributed by atoms with Crippen molar-refractivity contribution in [3.63, 3.8) is 0 Å². The van der Waals surface area contributed by atoms with Crippen molar-refractivity contribution in [3.05, 3.63) is 41.1 Å². The molecule has 1 aliphatic rings. The molecule has 1 atom stereocenters. The van der Waals surface area contributed by atoms with Gasteiger partial charge in [0, 0.05) is 24.2 Å². The van der Waals surface area contributed by atoms with Gasteiger partial charge < -0.3 is 10.1 Å². The minimum atomic E-state index is -0.0173. The van der Waals surface area contributed by atoms with Gasteiger partial charge >= 0.3 is 0 Å². The van der Waals surface area contributed by atoms with Crippen LogP contribution in [-0.4, -0.2) is 30.6 Å². The fraction of sp³-hybridized carbons (Fsp3) is 0.412. The van der Waals surface area contributed by atoms with E-state index in [1.807, 2.05) is 31.2 Å². The zero-order chi connectivity index (χ0) is 14.8. The molecule has 0 spiro atoms. The fourth-order valence-corrected chi connectivity index (χ4v) is 3.06. The molecule has 21 heavy (non-hydrogen) atoms. The third kappa shape index (κ3) is 2.63. The van der Waals surface area contributed by atoms with Crippen LogP contribution >= 0.6 is 0 Å². The molecular weight excluding hydrogens is 264 g/mol. The predicted octanol–water partition coefficient (Wildman–Crippen LogP) is 2.49. The molecule has 1 heterocycles. The molecule has 3 rings (SSSR count). The van der Waals surface area contributed by atoms with Crippen LogP contribution in [0.4, 0.5) is 0 Å². The molecule has 2 aromatic rings. The van der Waals surface area contributed by atoms with Crippen LogP contribution in [0.25, 0.3) is 10.9 Å². The van der Waals surface area contributed by atoms with Gasteiger partial charge in [-0.1, -0.05) is 18.2 Å². The third-order valence-corrected chi connectivity index (χ3v) is 3.94. The minimum absolute atomic E-state index is 0.00789. The van der Waals surface area contributed by atoms with E-state index in [0.717, 1.165) is 47.0 Å².